The summed E-state index contributed by atoms with van der Waals surface area (Å²) in [6.45, 7) is 12.6. The first kappa shape index (κ1) is 21.9. The Morgan fingerprint density at radius 3 is 2.34 bits per heavy atom. The maximum absolute atomic E-state index is 13.4. The van der Waals surface area contributed by atoms with Gasteiger partial charge in [-0.2, -0.15) is 0 Å². The Hall–Kier alpha value is -1.93. The molecule has 3 aromatic rings. The third-order valence-electron chi connectivity index (χ3n) is 7.05. The number of alkyl halides is 1. The molecule has 2 fully saturated rings. The van der Waals surface area contributed by atoms with Gasteiger partial charge < -0.3 is 9.88 Å². The van der Waals surface area contributed by atoms with Crippen LogP contribution in [0.1, 0.15) is 47.1 Å². The summed E-state index contributed by atoms with van der Waals surface area (Å²) in [5, 5.41) is 1.16. The van der Waals surface area contributed by atoms with Gasteiger partial charge in [-0.1, -0.05) is 36.4 Å². The fourth-order valence-electron chi connectivity index (χ4n) is 5.69. The van der Waals surface area contributed by atoms with Crippen LogP contribution in [0.3, 0.4) is 0 Å². The van der Waals surface area contributed by atoms with E-state index in [2.05, 4.69) is 80.5 Å². The van der Waals surface area contributed by atoms with E-state index in [1.54, 1.807) is 0 Å². The van der Waals surface area contributed by atoms with E-state index in [-0.39, 0.29) is 5.91 Å². The van der Waals surface area contributed by atoms with Gasteiger partial charge in [-0.3, -0.25) is 14.7 Å². The van der Waals surface area contributed by atoms with E-state index in [0.717, 1.165) is 69.8 Å². The number of fused-ring (bicyclic) bond motifs is 2. The molecule has 0 saturated carbocycles. The molecule has 2 atom stereocenters. The fraction of sp³-hybridized carbons (Fsp3) is 0.462. The van der Waals surface area contributed by atoms with Crippen LogP contribution in [0, 0.1) is 25.7 Å². The van der Waals surface area contributed by atoms with Gasteiger partial charge in [0, 0.05) is 59.6 Å². The Balaban J connectivity index is 1.49. The van der Waals surface area contributed by atoms with Gasteiger partial charge in [-0.15, -0.1) is 0 Å². The molecule has 2 aliphatic heterocycles. The molecule has 168 valence electrons. The maximum atomic E-state index is 13.4. The lowest BCUT2D eigenvalue weighted by molar-refractivity contribution is 0.0776. The minimum atomic E-state index is 0.176. The quantitative estimate of drug-likeness (QED) is 0.274. The molecule has 6 heteroatoms. The molecule has 0 aliphatic carbocycles. The molecule has 2 unspecified atom stereocenters. The highest BCUT2D eigenvalue weighted by Crippen LogP contribution is 2.37. The van der Waals surface area contributed by atoms with Crippen molar-refractivity contribution in [3.8, 4) is 11.3 Å². The van der Waals surface area contributed by atoms with Crippen LogP contribution in [0.25, 0.3) is 22.2 Å². The molecule has 2 aliphatic rings. The molecule has 32 heavy (non-hydrogen) atoms. The van der Waals surface area contributed by atoms with Gasteiger partial charge >= 0.3 is 0 Å². The van der Waals surface area contributed by atoms with Crippen molar-refractivity contribution in [1.82, 2.24) is 19.8 Å². The predicted octanol–water partition coefficient (Wildman–Crippen LogP) is 5.37. The Bertz CT molecular complexity index is 1150. The zero-order chi connectivity index (χ0) is 22.6. The van der Waals surface area contributed by atoms with Crippen LogP contribution >= 0.6 is 22.6 Å². The number of pyridine rings is 1. The van der Waals surface area contributed by atoms with Crippen LogP contribution in [-0.4, -0.2) is 56.4 Å². The van der Waals surface area contributed by atoms with Crippen molar-refractivity contribution in [2.24, 2.45) is 11.8 Å². The molecule has 1 N–H and O–H groups in total. The fourth-order valence-corrected chi connectivity index (χ4v) is 6.25. The molecule has 5 nitrogen and oxygen atoms in total. The number of hydrogen-bond donors (Lipinski definition) is 1. The molecule has 5 rings (SSSR count). The maximum Gasteiger partial charge on any atom is 0.253 e. The number of carbonyl (C=O) groups is 1. The Morgan fingerprint density at radius 2 is 1.75 bits per heavy atom. The van der Waals surface area contributed by atoms with Crippen LogP contribution in [0.4, 0.5) is 0 Å². The largest absolute Gasteiger partial charge is 0.354 e. The number of aryl methyl sites for hydroxylation is 2. The van der Waals surface area contributed by atoms with Crippen LogP contribution in [0.2, 0.25) is 0 Å². The molecule has 0 spiro atoms. The Labute approximate surface area is 203 Å². The second-order valence-corrected chi connectivity index (χ2v) is 10.5. The molecule has 1 aromatic carbocycles. The van der Waals surface area contributed by atoms with E-state index in [4.69, 9.17) is 0 Å². The number of rotatable bonds is 4. The van der Waals surface area contributed by atoms with E-state index in [9.17, 15) is 4.79 Å². The number of aromatic nitrogens is 2. The zero-order valence-corrected chi connectivity index (χ0v) is 21.4. The van der Waals surface area contributed by atoms with Crippen molar-refractivity contribution in [2.45, 2.75) is 33.6 Å². The third-order valence-corrected chi connectivity index (χ3v) is 8.02. The lowest BCUT2D eigenvalue weighted by atomic mass is 9.95. The molecular formula is C26H31IN4O. The number of amides is 1. The Kier molecular flexibility index (Phi) is 5.78. The monoisotopic (exact) mass is 542 g/mol. The van der Waals surface area contributed by atoms with E-state index < -0.39 is 0 Å². The SMILES string of the molecule is Cc1cc(-c2[nH]c3ccc(C(=O)N4CC5CN(CI)CC5C4)cc3c2C(C)C)cc(C)n1. The van der Waals surface area contributed by atoms with Gasteiger partial charge in [0.1, 0.15) is 0 Å². The van der Waals surface area contributed by atoms with Gasteiger partial charge in [0.05, 0.1) is 10.2 Å². The van der Waals surface area contributed by atoms with Crippen molar-refractivity contribution in [3.05, 3.63) is 52.8 Å². The van der Waals surface area contributed by atoms with Crippen molar-refractivity contribution in [1.29, 1.82) is 0 Å². The molecule has 0 radical (unpaired) electrons. The minimum Gasteiger partial charge on any atom is -0.354 e. The van der Waals surface area contributed by atoms with Gasteiger partial charge in [0.25, 0.3) is 5.91 Å². The predicted molar refractivity (Wildman–Crippen MR) is 138 cm³/mol. The molecule has 4 heterocycles. The minimum absolute atomic E-state index is 0.176. The van der Waals surface area contributed by atoms with Crippen molar-refractivity contribution < 1.29 is 4.79 Å². The highest BCUT2D eigenvalue weighted by molar-refractivity contribution is 14.1. The van der Waals surface area contributed by atoms with E-state index in [1.165, 1.54) is 5.56 Å². The lowest BCUT2D eigenvalue weighted by Gasteiger charge is -2.20. The van der Waals surface area contributed by atoms with Crippen molar-refractivity contribution >= 4 is 39.4 Å². The summed E-state index contributed by atoms with van der Waals surface area (Å²) in [7, 11) is 0. The van der Waals surface area contributed by atoms with E-state index in [1.807, 2.05) is 19.9 Å². The average molecular weight is 542 g/mol. The highest BCUT2D eigenvalue weighted by Gasteiger charge is 2.41. The lowest BCUT2D eigenvalue weighted by Crippen LogP contribution is -2.32. The van der Waals surface area contributed by atoms with Gasteiger partial charge in [0.2, 0.25) is 0 Å². The highest BCUT2D eigenvalue weighted by atomic mass is 127. The number of benzene rings is 1. The molecule has 1 amide bonds. The molecule has 2 saturated heterocycles. The van der Waals surface area contributed by atoms with Gasteiger partial charge in [-0.25, -0.2) is 0 Å². The topological polar surface area (TPSA) is 52.2 Å². The number of carbonyl (C=O) groups excluding carboxylic acids is 1. The first-order valence-electron chi connectivity index (χ1n) is 11.5. The van der Waals surface area contributed by atoms with E-state index in [0.29, 0.717) is 17.8 Å². The second kappa shape index (κ2) is 8.45. The number of likely N-dealkylation sites (tertiary alicyclic amines) is 2. The number of nitrogens with zero attached hydrogens (tertiary/aromatic N) is 3. The summed E-state index contributed by atoms with van der Waals surface area (Å²) < 4.78 is 1.08. The number of nitrogens with one attached hydrogen (secondary N) is 1. The first-order chi connectivity index (χ1) is 15.3. The van der Waals surface area contributed by atoms with Gasteiger partial charge in [0.15, 0.2) is 0 Å². The normalized spacial score (nSPS) is 21.1. The van der Waals surface area contributed by atoms with Crippen LogP contribution in [0.5, 0.6) is 0 Å². The van der Waals surface area contributed by atoms with Crippen molar-refractivity contribution in [2.75, 3.05) is 30.7 Å². The number of aromatic amines is 1. The standard InChI is InChI=1S/C26H31IN4O/c1-15(2)24-22-9-18(26(32)31-12-20-10-30(14-27)11-21(20)13-31)5-6-23(22)29-25(24)19-7-16(3)28-17(4)8-19/h5-9,15,20-21,29H,10-14H2,1-4H3. The van der Waals surface area contributed by atoms with E-state index >= 15 is 0 Å². The smallest absolute Gasteiger partial charge is 0.253 e. The average Bonchev–Trinajstić information content (AvgIpc) is 3.42. The summed E-state index contributed by atoms with van der Waals surface area (Å²) in [4.78, 5) is 26.2. The van der Waals surface area contributed by atoms with Crippen molar-refractivity contribution in [3.63, 3.8) is 0 Å². The third kappa shape index (κ3) is 3.85. The zero-order valence-electron chi connectivity index (χ0n) is 19.3. The Morgan fingerprint density at radius 1 is 1.09 bits per heavy atom. The first-order valence-corrected chi connectivity index (χ1v) is 13.1. The number of halogens is 1. The summed E-state index contributed by atoms with van der Waals surface area (Å²) >= 11 is 2.44. The van der Waals surface area contributed by atoms with Crippen LogP contribution in [0.15, 0.2) is 30.3 Å². The summed E-state index contributed by atoms with van der Waals surface area (Å²) in [6.07, 6.45) is 0. The summed E-state index contributed by atoms with van der Waals surface area (Å²) in [5.74, 6) is 1.76. The van der Waals surface area contributed by atoms with Gasteiger partial charge in [-0.05, 0) is 67.5 Å². The molecular weight excluding hydrogens is 511 g/mol. The number of hydrogen-bond acceptors (Lipinski definition) is 3. The second-order valence-electron chi connectivity index (χ2n) is 9.85. The summed E-state index contributed by atoms with van der Waals surface area (Å²) in [5.41, 5.74) is 7.50. The van der Waals surface area contributed by atoms with Crippen LogP contribution in [-0.2, 0) is 0 Å². The summed E-state index contributed by atoms with van der Waals surface area (Å²) in [6, 6.07) is 10.4. The van der Waals surface area contributed by atoms with Crippen LogP contribution < -0.4 is 0 Å². The number of H-pyrrole nitrogens is 1. The molecule has 0 bridgehead atoms. The molecule has 2 aromatic heterocycles.